The van der Waals surface area contributed by atoms with E-state index in [1.807, 2.05) is 55.5 Å². The summed E-state index contributed by atoms with van der Waals surface area (Å²) < 4.78 is 5.23. The highest BCUT2D eigenvalue weighted by Gasteiger charge is 2.13. The van der Waals surface area contributed by atoms with Crippen LogP contribution < -0.4 is 10.1 Å². The zero-order chi connectivity index (χ0) is 15.9. The topological polar surface area (TPSA) is 58.6 Å². The summed E-state index contributed by atoms with van der Waals surface area (Å²) in [5.74, 6) is 0.550. The molecule has 4 nitrogen and oxygen atoms in total. The Kier molecular flexibility index (Phi) is 5.55. The minimum absolute atomic E-state index is 0.142. The molecule has 2 rings (SSSR count). The fourth-order valence-corrected chi connectivity index (χ4v) is 2.37. The number of carbonyl (C=O) groups is 1. The van der Waals surface area contributed by atoms with Crippen molar-refractivity contribution in [3.8, 4) is 5.75 Å². The Morgan fingerprint density at radius 2 is 1.86 bits per heavy atom. The van der Waals surface area contributed by atoms with Gasteiger partial charge in [-0.15, -0.1) is 0 Å². The molecule has 0 aliphatic carbocycles. The molecule has 0 aliphatic rings. The van der Waals surface area contributed by atoms with Crippen LogP contribution in [0, 0.1) is 6.92 Å². The number of aliphatic hydroxyl groups is 1. The normalized spacial score (nSPS) is 11.8. The number of aryl methyl sites for hydroxylation is 1. The SMILES string of the molecule is COc1ccccc1CC(=O)NC[C@H](O)c1ccccc1C. The van der Waals surface area contributed by atoms with Gasteiger partial charge in [-0.3, -0.25) is 4.79 Å². The van der Waals surface area contributed by atoms with Gasteiger partial charge in [0.05, 0.1) is 19.6 Å². The molecule has 0 saturated carbocycles. The summed E-state index contributed by atoms with van der Waals surface area (Å²) in [6.07, 6.45) is -0.479. The summed E-state index contributed by atoms with van der Waals surface area (Å²) >= 11 is 0. The molecule has 1 amide bonds. The molecule has 2 aromatic carbocycles. The molecule has 0 spiro atoms. The van der Waals surface area contributed by atoms with Crippen LogP contribution in [0.4, 0.5) is 0 Å². The number of benzene rings is 2. The number of methoxy groups -OCH3 is 1. The first-order valence-electron chi connectivity index (χ1n) is 7.24. The van der Waals surface area contributed by atoms with Crippen LogP contribution in [0.3, 0.4) is 0 Å². The molecule has 2 aromatic rings. The third-order valence-electron chi connectivity index (χ3n) is 3.58. The van der Waals surface area contributed by atoms with Crippen LogP contribution in [-0.4, -0.2) is 24.7 Å². The molecule has 0 aliphatic heterocycles. The summed E-state index contributed by atoms with van der Waals surface area (Å²) in [4.78, 5) is 12.0. The maximum atomic E-state index is 12.0. The van der Waals surface area contributed by atoms with Crippen molar-refractivity contribution >= 4 is 5.91 Å². The van der Waals surface area contributed by atoms with Gasteiger partial charge in [-0.25, -0.2) is 0 Å². The number of hydrogen-bond acceptors (Lipinski definition) is 3. The second-order valence-corrected chi connectivity index (χ2v) is 5.17. The van der Waals surface area contributed by atoms with Crippen molar-refractivity contribution in [2.24, 2.45) is 0 Å². The molecule has 1 atom stereocenters. The average Bonchev–Trinajstić information content (AvgIpc) is 2.53. The maximum Gasteiger partial charge on any atom is 0.224 e. The number of nitrogens with one attached hydrogen (secondary N) is 1. The van der Waals surface area contributed by atoms with Gasteiger partial charge >= 0.3 is 0 Å². The van der Waals surface area contributed by atoms with E-state index in [2.05, 4.69) is 5.32 Å². The van der Waals surface area contributed by atoms with Gasteiger partial charge in [0, 0.05) is 12.1 Å². The van der Waals surface area contributed by atoms with Gasteiger partial charge in [-0.1, -0.05) is 42.5 Å². The molecule has 0 heterocycles. The van der Waals surface area contributed by atoms with Crippen molar-refractivity contribution < 1.29 is 14.6 Å². The zero-order valence-electron chi connectivity index (χ0n) is 12.9. The molecule has 4 heteroatoms. The highest BCUT2D eigenvalue weighted by molar-refractivity contribution is 5.79. The molecule has 0 saturated heterocycles. The van der Waals surface area contributed by atoms with E-state index < -0.39 is 6.10 Å². The van der Waals surface area contributed by atoms with Gasteiger partial charge in [0.1, 0.15) is 5.75 Å². The molecular weight excluding hydrogens is 278 g/mol. The molecular formula is C18H21NO3. The smallest absolute Gasteiger partial charge is 0.224 e. The Morgan fingerprint density at radius 1 is 1.18 bits per heavy atom. The van der Waals surface area contributed by atoms with E-state index in [0.717, 1.165) is 16.7 Å². The van der Waals surface area contributed by atoms with E-state index in [-0.39, 0.29) is 18.9 Å². The number of carbonyl (C=O) groups excluding carboxylic acids is 1. The van der Waals surface area contributed by atoms with Crippen molar-refractivity contribution in [1.29, 1.82) is 0 Å². The number of ether oxygens (including phenoxy) is 1. The van der Waals surface area contributed by atoms with Crippen LogP contribution in [0.1, 0.15) is 22.8 Å². The predicted molar refractivity (Wildman–Crippen MR) is 85.8 cm³/mol. The fourth-order valence-electron chi connectivity index (χ4n) is 2.37. The van der Waals surface area contributed by atoms with E-state index >= 15 is 0 Å². The lowest BCUT2D eigenvalue weighted by Gasteiger charge is -2.15. The summed E-state index contributed by atoms with van der Waals surface area (Å²) in [5, 5.41) is 12.9. The van der Waals surface area contributed by atoms with Crippen LogP contribution in [0.25, 0.3) is 0 Å². The monoisotopic (exact) mass is 299 g/mol. The molecule has 0 bridgehead atoms. The summed E-state index contributed by atoms with van der Waals surface area (Å²) in [6, 6.07) is 15.0. The van der Waals surface area contributed by atoms with E-state index in [4.69, 9.17) is 4.74 Å². The van der Waals surface area contributed by atoms with Crippen molar-refractivity contribution in [1.82, 2.24) is 5.32 Å². The van der Waals surface area contributed by atoms with Crippen LogP contribution >= 0.6 is 0 Å². The number of hydrogen-bond donors (Lipinski definition) is 2. The Balaban J connectivity index is 1.92. The van der Waals surface area contributed by atoms with E-state index in [9.17, 15) is 9.90 Å². The summed E-state index contributed by atoms with van der Waals surface area (Å²) in [5.41, 5.74) is 2.67. The average molecular weight is 299 g/mol. The minimum atomic E-state index is -0.706. The number of para-hydroxylation sites is 1. The third-order valence-corrected chi connectivity index (χ3v) is 3.58. The van der Waals surface area contributed by atoms with Gasteiger partial charge in [-0.2, -0.15) is 0 Å². The molecule has 0 unspecified atom stereocenters. The highest BCUT2D eigenvalue weighted by atomic mass is 16.5. The molecule has 0 radical (unpaired) electrons. The largest absolute Gasteiger partial charge is 0.496 e. The Morgan fingerprint density at radius 3 is 2.59 bits per heavy atom. The first kappa shape index (κ1) is 16.0. The lowest BCUT2D eigenvalue weighted by molar-refractivity contribution is -0.120. The van der Waals surface area contributed by atoms with E-state index in [1.54, 1.807) is 7.11 Å². The fraction of sp³-hybridized carbons (Fsp3) is 0.278. The van der Waals surface area contributed by atoms with Gasteiger partial charge in [0.15, 0.2) is 0 Å². The van der Waals surface area contributed by atoms with Crippen LogP contribution in [0.2, 0.25) is 0 Å². The molecule has 0 aromatic heterocycles. The van der Waals surface area contributed by atoms with Crippen LogP contribution in [-0.2, 0) is 11.2 Å². The second kappa shape index (κ2) is 7.61. The van der Waals surface area contributed by atoms with Gasteiger partial charge in [0.25, 0.3) is 0 Å². The summed E-state index contributed by atoms with van der Waals surface area (Å²) in [6.45, 7) is 2.13. The Labute approximate surface area is 130 Å². The molecule has 116 valence electrons. The first-order valence-corrected chi connectivity index (χ1v) is 7.24. The van der Waals surface area contributed by atoms with Crippen LogP contribution in [0.5, 0.6) is 5.75 Å². The van der Waals surface area contributed by atoms with Crippen molar-refractivity contribution in [3.05, 3.63) is 65.2 Å². The first-order chi connectivity index (χ1) is 10.6. The molecule has 22 heavy (non-hydrogen) atoms. The van der Waals surface area contributed by atoms with Crippen molar-refractivity contribution in [2.75, 3.05) is 13.7 Å². The van der Waals surface area contributed by atoms with Gasteiger partial charge in [-0.05, 0) is 24.1 Å². The minimum Gasteiger partial charge on any atom is -0.496 e. The lowest BCUT2D eigenvalue weighted by Crippen LogP contribution is -2.30. The zero-order valence-corrected chi connectivity index (χ0v) is 12.9. The molecule has 2 N–H and O–H groups in total. The molecule has 0 fully saturated rings. The Bertz CT molecular complexity index is 640. The summed E-state index contributed by atoms with van der Waals surface area (Å²) in [7, 11) is 1.58. The van der Waals surface area contributed by atoms with Crippen molar-refractivity contribution in [2.45, 2.75) is 19.4 Å². The maximum absolute atomic E-state index is 12.0. The second-order valence-electron chi connectivity index (χ2n) is 5.17. The highest BCUT2D eigenvalue weighted by Crippen LogP contribution is 2.18. The Hall–Kier alpha value is -2.33. The number of amides is 1. The van der Waals surface area contributed by atoms with Gasteiger partial charge < -0.3 is 15.2 Å². The van der Waals surface area contributed by atoms with E-state index in [1.165, 1.54) is 0 Å². The van der Waals surface area contributed by atoms with Crippen molar-refractivity contribution in [3.63, 3.8) is 0 Å². The third kappa shape index (κ3) is 4.09. The van der Waals surface area contributed by atoms with E-state index in [0.29, 0.717) is 5.75 Å². The standard InChI is InChI=1S/C18H21NO3/c1-13-7-3-5-9-15(13)16(20)12-19-18(21)11-14-8-4-6-10-17(14)22-2/h3-10,16,20H,11-12H2,1-2H3,(H,19,21)/t16-/m0/s1. The van der Waals surface area contributed by atoms with Crippen LogP contribution in [0.15, 0.2) is 48.5 Å². The predicted octanol–water partition coefficient (Wildman–Crippen LogP) is 2.40. The quantitative estimate of drug-likeness (QED) is 0.861. The lowest BCUT2D eigenvalue weighted by atomic mass is 10.0. The number of rotatable bonds is 6. The number of aliphatic hydroxyl groups excluding tert-OH is 1. The van der Waals surface area contributed by atoms with Gasteiger partial charge in [0.2, 0.25) is 5.91 Å².